The molecule has 1 aromatic carbocycles. The topological polar surface area (TPSA) is 78.4 Å². The van der Waals surface area contributed by atoms with Crippen LogP contribution in [0.1, 0.15) is 6.42 Å². The summed E-state index contributed by atoms with van der Waals surface area (Å²) in [5.74, 6) is 0.526. The van der Waals surface area contributed by atoms with Crippen LogP contribution in [0.3, 0.4) is 0 Å². The van der Waals surface area contributed by atoms with Crippen molar-refractivity contribution < 1.29 is 13.5 Å². The molecule has 98 valence electrons. The zero-order chi connectivity index (χ0) is 13.2. The van der Waals surface area contributed by atoms with Gasteiger partial charge in [-0.05, 0) is 42.9 Å². The Morgan fingerprint density at radius 2 is 2.00 bits per heavy atom. The molecule has 0 spiro atoms. The van der Waals surface area contributed by atoms with Crippen molar-refractivity contribution in [3.05, 3.63) is 24.3 Å². The van der Waals surface area contributed by atoms with Gasteiger partial charge in [0.2, 0.25) is 0 Å². The van der Waals surface area contributed by atoms with E-state index >= 15 is 0 Å². The minimum atomic E-state index is -2.90. The van der Waals surface area contributed by atoms with Crippen LogP contribution in [0.5, 0.6) is 5.75 Å². The molecule has 1 aromatic rings. The van der Waals surface area contributed by atoms with E-state index < -0.39 is 9.84 Å². The Morgan fingerprint density at radius 3 is 2.56 bits per heavy atom. The van der Waals surface area contributed by atoms with Gasteiger partial charge in [-0.2, -0.15) is 0 Å². The van der Waals surface area contributed by atoms with Crippen LogP contribution in [0, 0.1) is 0 Å². The number of nitrogens with one attached hydrogen (secondary N) is 2. The Labute approximate surface area is 111 Å². The smallest absolute Gasteiger partial charge is 0.171 e. The molecule has 1 heterocycles. The lowest BCUT2D eigenvalue weighted by atomic mass is 10.3. The van der Waals surface area contributed by atoms with Gasteiger partial charge < -0.3 is 15.7 Å². The molecule has 1 aliphatic rings. The Morgan fingerprint density at radius 1 is 1.33 bits per heavy atom. The maximum atomic E-state index is 11.3. The number of anilines is 1. The molecule has 1 aliphatic heterocycles. The summed E-state index contributed by atoms with van der Waals surface area (Å²) < 4.78 is 22.6. The quantitative estimate of drug-likeness (QED) is 0.553. The molecular formula is C11H14N2O3S2. The lowest BCUT2D eigenvalue weighted by Gasteiger charge is -2.14. The normalized spacial score (nSPS) is 21.4. The van der Waals surface area contributed by atoms with Crippen LogP contribution in [0.4, 0.5) is 5.69 Å². The van der Waals surface area contributed by atoms with Crippen molar-refractivity contribution in [3.8, 4) is 5.75 Å². The van der Waals surface area contributed by atoms with Gasteiger partial charge in [0.05, 0.1) is 11.5 Å². The first-order chi connectivity index (χ1) is 8.44. The molecule has 7 heteroatoms. The van der Waals surface area contributed by atoms with Crippen molar-refractivity contribution in [2.75, 3.05) is 16.8 Å². The number of hydrogen-bond donors (Lipinski definition) is 3. The molecule has 2 rings (SSSR count). The van der Waals surface area contributed by atoms with E-state index in [9.17, 15) is 8.42 Å². The number of benzene rings is 1. The molecule has 1 saturated heterocycles. The molecule has 18 heavy (non-hydrogen) atoms. The number of hydrogen-bond acceptors (Lipinski definition) is 4. The monoisotopic (exact) mass is 286 g/mol. The third kappa shape index (κ3) is 3.58. The summed E-state index contributed by atoms with van der Waals surface area (Å²) in [5.41, 5.74) is 0.742. The van der Waals surface area contributed by atoms with Gasteiger partial charge in [0.25, 0.3) is 0 Å². The van der Waals surface area contributed by atoms with Gasteiger partial charge in [-0.3, -0.25) is 0 Å². The standard InChI is InChI=1S/C11H14N2O3S2/c14-10-3-1-8(2-4-10)12-11(17)13-9-5-6-18(15,16)7-9/h1-4,9,14H,5-7H2,(H2,12,13,17). The molecule has 0 amide bonds. The van der Waals surface area contributed by atoms with Crippen molar-refractivity contribution in [2.24, 2.45) is 0 Å². The zero-order valence-corrected chi connectivity index (χ0v) is 11.2. The van der Waals surface area contributed by atoms with Crippen molar-refractivity contribution in [1.82, 2.24) is 5.32 Å². The fourth-order valence-corrected chi connectivity index (χ4v) is 3.76. The summed E-state index contributed by atoms with van der Waals surface area (Å²) in [6.07, 6.45) is 0.583. The SMILES string of the molecule is O=S1(=O)CCC(NC(=S)Nc2ccc(O)cc2)C1. The predicted octanol–water partition coefficient (Wildman–Crippen LogP) is 0.866. The molecular weight excluding hydrogens is 272 g/mol. The van der Waals surface area contributed by atoms with Gasteiger partial charge in [-0.1, -0.05) is 0 Å². The Balaban J connectivity index is 1.88. The van der Waals surface area contributed by atoms with E-state index in [0.29, 0.717) is 11.5 Å². The third-order valence-corrected chi connectivity index (χ3v) is 4.68. The van der Waals surface area contributed by atoms with Crippen LogP contribution in [-0.2, 0) is 9.84 Å². The third-order valence-electron chi connectivity index (χ3n) is 2.69. The Bertz CT molecular complexity index is 540. The van der Waals surface area contributed by atoms with E-state index in [1.165, 1.54) is 0 Å². The van der Waals surface area contributed by atoms with E-state index in [0.717, 1.165) is 5.69 Å². The van der Waals surface area contributed by atoms with Gasteiger partial charge in [0.1, 0.15) is 5.75 Å². The van der Waals surface area contributed by atoms with Gasteiger partial charge in [0.15, 0.2) is 14.9 Å². The molecule has 1 atom stereocenters. The summed E-state index contributed by atoms with van der Waals surface area (Å²) in [6.45, 7) is 0. The predicted molar refractivity (Wildman–Crippen MR) is 74.5 cm³/mol. The first-order valence-corrected chi connectivity index (χ1v) is 7.74. The van der Waals surface area contributed by atoms with Gasteiger partial charge in [-0.15, -0.1) is 0 Å². The number of phenolic OH excluding ortho intramolecular Hbond substituents is 1. The maximum Gasteiger partial charge on any atom is 0.171 e. The lowest BCUT2D eigenvalue weighted by Crippen LogP contribution is -2.38. The van der Waals surface area contributed by atoms with E-state index in [1.807, 2.05) is 0 Å². The van der Waals surface area contributed by atoms with E-state index in [1.54, 1.807) is 24.3 Å². The van der Waals surface area contributed by atoms with E-state index in [-0.39, 0.29) is 23.3 Å². The minimum Gasteiger partial charge on any atom is -0.508 e. The molecule has 1 fully saturated rings. The highest BCUT2D eigenvalue weighted by molar-refractivity contribution is 7.91. The second kappa shape index (κ2) is 5.11. The average molecular weight is 286 g/mol. The summed E-state index contributed by atoms with van der Waals surface area (Å²) in [7, 11) is -2.90. The van der Waals surface area contributed by atoms with Crippen LogP contribution in [0.25, 0.3) is 0 Å². The summed E-state index contributed by atoms with van der Waals surface area (Å²) in [5, 5.41) is 15.4. The van der Waals surface area contributed by atoms with Crippen molar-refractivity contribution in [2.45, 2.75) is 12.5 Å². The minimum absolute atomic E-state index is 0.118. The van der Waals surface area contributed by atoms with Crippen LogP contribution in [0.15, 0.2) is 24.3 Å². The van der Waals surface area contributed by atoms with Gasteiger partial charge in [-0.25, -0.2) is 8.42 Å². The second-order valence-electron chi connectivity index (χ2n) is 4.25. The van der Waals surface area contributed by atoms with E-state index in [4.69, 9.17) is 17.3 Å². The Kier molecular flexibility index (Phi) is 3.72. The summed E-state index contributed by atoms with van der Waals surface area (Å²) in [4.78, 5) is 0. The van der Waals surface area contributed by atoms with Crippen LogP contribution in [-0.4, -0.2) is 36.2 Å². The van der Waals surface area contributed by atoms with Crippen molar-refractivity contribution >= 4 is 32.9 Å². The number of rotatable bonds is 2. The number of aromatic hydroxyl groups is 1. The fraction of sp³-hybridized carbons (Fsp3) is 0.364. The molecule has 0 bridgehead atoms. The van der Waals surface area contributed by atoms with Crippen LogP contribution in [0.2, 0.25) is 0 Å². The number of sulfone groups is 1. The summed E-state index contributed by atoms with van der Waals surface area (Å²) >= 11 is 5.10. The largest absolute Gasteiger partial charge is 0.508 e. The maximum absolute atomic E-state index is 11.3. The molecule has 0 aliphatic carbocycles. The average Bonchev–Trinajstić information content (AvgIpc) is 2.61. The fourth-order valence-electron chi connectivity index (χ4n) is 1.81. The highest BCUT2D eigenvalue weighted by Gasteiger charge is 2.28. The molecule has 0 radical (unpaired) electrons. The van der Waals surface area contributed by atoms with Crippen molar-refractivity contribution in [3.63, 3.8) is 0 Å². The zero-order valence-electron chi connectivity index (χ0n) is 9.59. The molecule has 5 nitrogen and oxygen atoms in total. The summed E-state index contributed by atoms with van der Waals surface area (Å²) in [6, 6.07) is 6.35. The van der Waals surface area contributed by atoms with Crippen LogP contribution >= 0.6 is 12.2 Å². The van der Waals surface area contributed by atoms with Crippen molar-refractivity contribution in [1.29, 1.82) is 0 Å². The first-order valence-electron chi connectivity index (χ1n) is 5.51. The highest BCUT2D eigenvalue weighted by Crippen LogP contribution is 2.14. The van der Waals surface area contributed by atoms with Crippen LogP contribution < -0.4 is 10.6 Å². The van der Waals surface area contributed by atoms with Gasteiger partial charge >= 0.3 is 0 Å². The second-order valence-corrected chi connectivity index (χ2v) is 6.88. The first kappa shape index (κ1) is 13.1. The Hall–Kier alpha value is -1.34. The molecule has 1 unspecified atom stereocenters. The number of thiocarbonyl (C=S) groups is 1. The molecule has 0 saturated carbocycles. The molecule has 3 N–H and O–H groups in total. The lowest BCUT2D eigenvalue weighted by molar-refractivity contribution is 0.475. The van der Waals surface area contributed by atoms with E-state index in [2.05, 4.69) is 10.6 Å². The van der Waals surface area contributed by atoms with Gasteiger partial charge in [0, 0.05) is 11.7 Å². The highest BCUT2D eigenvalue weighted by atomic mass is 32.2. The molecule has 0 aromatic heterocycles. The number of phenols is 1.